The van der Waals surface area contributed by atoms with Gasteiger partial charge in [-0.2, -0.15) is 0 Å². The minimum Gasteiger partial charge on any atom is -0.493 e. The van der Waals surface area contributed by atoms with E-state index in [4.69, 9.17) is 34.2 Å². The maximum absolute atomic E-state index is 7.09. The summed E-state index contributed by atoms with van der Waals surface area (Å²) in [6.45, 7) is 2.11. The molecule has 0 radical (unpaired) electrons. The smallest absolute Gasteiger partial charge is 0.204 e. The molecule has 0 aliphatic carbocycles. The van der Waals surface area contributed by atoms with Gasteiger partial charge in [-0.15, -0.1) is 0 Å². The highest BCUT2D eigenvalue weighted by molar-refractivity contribution is 5.67. The van der Waals surface area contributed by atoms with Crippen LogP contribution in [0.25, 0.3) is 0 Å². The average molecular weight is 652 g/mol. The second kappa shape index (κ2) is 13.2. The molecule has 4 aliphatic rings. The van der Waals surface area contributed by atoms with Crippen LogP contribution in [-0.4, -0.2) is 65.4 Å². The summed E-state index contributed by atoms with van der Waals surface area (Å²) < 4.78 is 37.4. The Kier molecular flexibility index (Phi) is 8.85. The molecule has 4 aliphatic heterocycles. The van der Waals surface area contributed by atoms with Crippen molar-refractivity contribution >= 4 is 0 Å². The molecule has 8 rings (SSSR count). The summed E-state index contributed by atoms with van der Waals surface area (Å²) in [7, 11) is 11.0. The summed E-state index contributed by atoms with van der Waals surface area (Å²) in [4.78, 5) is 4.79. The second-order valence-electron chi connectivity index (χ2n) is 12.9. The van der Waals surface area contributed by atoms with Gasteiger partial charge in [-0.05, 0) is 104 Å². The first-order valence-corrected chi connectivity index (χ1v) is 16.6. The van der Waals surface area contributed by atoms with Crippen molar-refractivity contribution in [3.8, 4) is 46.0 Å². The first kappa shape index (κ1) is 32.1. The lowest BCUT2D eigenvalue weighted by Crippen LogP contribution is -2.35. The molecule has 2 N–H and O–H groups in total. The van der Waals surface area contributed by atoms with E-state index in [1.54, 1.807) is 28.4 Å². The Morgan fingerprint density at radius 3 is 2.08 bits per heavy atom. The Labute approximate surface area is 283 Å². The maximum atomic E-state index is 7.09. The van der Waals surface area contributed by atoms with Gasteiger partial charge in [0.05, 0.1) is 28.4 Å². The fraction of sp³-hybridized carbons (Fsp3) is 0.385. The third kappa shape index (κ3) is 5.59. The molecule has 0 aromatic heterocycles. The van der Waals surface area contributed by atoms with Crippen LogP contribution in [0.3, 0.4) is 0 Å². The topological polar surface area (TPSA) is 87.9 Å². The maximum Gasteiger partial charge on any atom is 0.204 e. The lowest BCUT2D eigenvalue weighted by Gasteiger charge is -2.38. The van der Waals surface area contributed by atoms with Crippen molar-refractivity contribution in [3.63, 3.8) is 0 Å². The summed E-state index contributed by atoms with van der Waals surface area (Å²) in [5.74, 6) is 5.20. The summed E-state index contributed by atoms with van der Waals surface area (Å²) >= 11 is 0. The Balaban J connectivity index is 1.50. The number of methoxy groups -OCH3 is 4. The number of fused-ring (bicyclic) bond motifs is 2. The van der Waals surface area contributed by atoms with Crippen LogP contribution in [0, 0.1) is 0 Å². The second-order valence-corrected chi connectivity index (χ2v) is 12.9. The molecule has 4 heterocycles. The minimum absolute atomic E-state index is 0.0595. The lowest BCUT2D eigenvalue weighted by molar-refractivity contribution is 0.219. The van der Waals surface area contributed by atoms with Crippen molar-refractivity contribution in [3.05, 3.63) is 93.5 Å². The molecule has 0 unspecified atom stereocenters. The van der Waals surface area contributed by atoms with E-state index in [0.29, 0.717) is 53.2 Å². The summed E-state index contributed by atoms with van der Waals surface area (Å²) in [6, 6.07) is 18.9. The van der Waals surface area contributed by atoms with Crippen molar-refractivity contribution in [1.29, 1.82) is 0 Å². The summed E-state index contributed by atoms with van der Waals surface area (Å²) in [6.07, 6.45) is 3.24. The molecule has 0 saturated heterocycles. The molecule has 0 spiro atoms. The number of nitrogens with two attached hydrogens (primary N) is 1. The van der Waals surface area contributed by atoms with Crippen LogP contribution in [0.1, 0.15) is 51.0 Å². The fourth-order valence-electron chi connectivity index (χ4n) is 7.72. The van der Waals surface area contributed by atoms with E-state index in [2.05, 4.69) is 60.3 Å². The zero-order chi connectivity index (χ0) is 33.5. The van der Waals surface area contributed by atoms with Crippen LogP contribution in [0.2, 0.25) is 0 Å². The van der Waals surface area contributed by atoms with Crippen molar-refractivity contribution in [2.45, 2.75) is 44.3 Å². The van der Waals surface area contributed by atoms with Gasteiger partial charge < -0.3 is 34.2 Å². The molecule has 252 valence electrons. The van der Waals surface area contributed by atoms with Crippen LogP contribution in [0.4, 0.5) is 0 Å². The van der Waals surface area contributed by atoms with E-state index < -0.39 is 0 Å². The molecule has 0 saturated carbocycles. The first-order valence-electron chi connectivity index (χ1n) is 16.6. The van der Waals surface area contributed by atoms with Crippen LogP contribution in [0.5, 0.6) is 46.0 Å². The molecule has 0 fully saturated rings. The molecule has 4 aromatic carbocycles. The Bertz CT molecular complexity index is 1820. The van der Waals surface area contributed by atoms with Gasteiger partial charge in [0.1, 0.15) is 5.75 Å². The highest BCUT2D eigenvalue weighted by Crippen LogP contribution is 2.53. The van der Waals surface area contributed by atoms with E-state index in [-0.39, 0.29) is 12.1 Å². The van der Waals surface area contributed by atoms with Crippen molar-refractivity contribution < 1.29 is 28.4 Å². The molecule has 4 aromatic rings. The van der Waals surface area contributed by atoms with Gasteiger partial charge in [0, 0.05) is 42.8 Å². The van der Waals surface area contributed by atoms with E-state index in [0.717, 1.165) is 60.4 Å². The van der Waals surface area contributed by atoms with E-state index in [1.807, 2.05) is 18.2 Å². The number of benzene rings is 4. The number of hydrogen-bond donors (Lipinski definition) is 1. The average Bonchev–Trinajstić information content (AvgIpc) is 3.10. The summed E-state index contributed by atoms with van der Waals surface area (Å²) in [5, 5.41) is 0. The number of nitrogens with zero attached hydrogens (tertiary/aromatic N) is 2. The fourth-order valence-corrected chi connectivity index (χ4v) is 7.72. The van der Waals surface area contributed by atoms with E-state index >= 15 is 0 Å². The van der Waals surface area contributed by atoms with Crippen molar-refractivity contribution in [1.82, 2.24) is 9.80 Å². The van der Waals surface area contributed by atoms with Crippen LogP contribution < -0.4 is 34.2 Å². The standard InChI is InChI=1S/C39H45N3O6/c1-41-15-13-25-20-33(44-4)35-21-28(25)30(41)17-23-7-10-26(11-8-23)47-34-19-24(9-12-32(34)43-3)18-31-36-27(14-16-42(31)2)29(22-40)37(45-5)39(46-6)38(36)48-35/h7-12,19-21,30-31H,13-18,22,40H2,1-6H3/t30-,31-/m0/s1. The van der Waals surface area contributed by atoms with E-state index in [1.165, 1.54) is 16.7 Å². The van der Waals surface area contributed by atoms with Gasteiger partial charge >= 0.3 is 0 Å². The Hall–Kier alpha value is -4.44. The highest BCUT2D eigenvalue weighted by Gasteiger charge is 2.37. The predicted molar refractivity (Wildman–Crippen MR) is 186 cm³/mol. The Morgan fingerprint density at radius 2 is 1.38 bits per heavy atom. The Morgan fingerprint density at radius 1 is 0.708 bits per heavy atom. The van der Waals surface area contributed by atoms with Crippen LogP contribution >= 0.6 is 0 Å². The van der Waals surface area contributed by atoms with Gasteiger partial charge in [0.2, 0.25) is 5.75 Å². The molecular weight excluding hydrogens is 606 g/mol. The molecule has 2 atom stereocenters. The third-order valence-corrected chi connectivity index (χ3v) is 10.3. The van der Waals surface area contributed by atoms with Crippen LogP contribution in [0.15, 0.2) is 54.6 Å². The van der Waals surface area contributed by atoms with Crippen molar-refractivity contribution in [2.24, 2.45) is 5.73 Å². The number of likely N-dealkylation sites (N-methyl/N-ethyl adjacent to an activating group) is 2. The van der Waals surface area contributed by atoms with Crippen LogP contribution in [-0.2, 0) is 32.2 Å². The molecule has 9 nitrogen and oxygen atoms in total. The van der Waals surface area contributed by atoms with Gasteiger partial charge in [0.25, 0.3) is 0 Å². The summed E-state index contributed by atoms with van der Waals surface area (Å²) in [5.41, 5.74) is 14.4. The quantitative estimate of drug-likeness (QED) is 0.256. The zero-order valence-corrected chi connectivity index (χ0v) is 28.7. The first-order chi connectivity index (χ1) is 23.4. The van der Waals surface area contributed by atoms with E-state index in [9.17, 15) is 0 Å². The SMILES string of the molecule is COc1ccc2cc1Oc1ccc(cc1)C[C@H]1c3cc(c(OC)cc3CCN1C)Oc1c(OC)c(OC)c(CN)c3c1[C@H](C2)N(C)CC3. The molecule has 48 heavy (non-hydrogen) atoms. The number of ether oxygens (including phenoxy) is 6. The molecule has 6 bridgehead atoms. The molecular formula is C39H45N3O6. The highest BCUT2D eigenvalue weighted by atomic mass is 16.5. The molecule has 9 heteroatoms. The zero-order valence-electron chi connectivity index (χ0n) is 28.7. The number of rotatable bonds is 5. The third-order valence-electron chi connectivity index (χ3n) is 10.3. The predicted octanol–water partition coefficient (Wildman–Crippen LogP) is 6.62. The minimum atomic E-state index is -0.0595. The largest absolute Gasteiger partial charge is 0.493 e. The lowest BCUT2D eigenvalue weighted by atomic mass is 9.84. The van der Waals surface area contributed by atoms with Gasteiger partial charge in [0.15, 0.2) is 34.5 Å². The van der Waals surface area contributed by atoms with Gasteiger partial charge in [-0.1, -0.05) is 18.2 Å². The van der Waals surface area contributed by atoms with Crippen molar-refractivity contribution in [2.75, 3.05) is 55.6 Å². The monoisotopic (exact) mass is 651 g/mol. The van der Waals surface area contributed by atoms with Gasteiger partial charge in [-0.25, -0.2) is 0 Å². The normalized spacial score (nSPS) is 18.9. The molecule has 0 amide bonds. The number of hydrogen-bond acceptors (Lipinski definition) is 9. The van der Waals surface area contributed by atoms with Gasteiger partial charge in [-0.3, -0.25) is 9.80 Å².